The fraction of sp³-hybridized carbons (Fsp3) is 0.500. The lowest BCUT2D eigenvalue weighted by Crippen LogP contribution is -2.35. The van der Waals surface area contributed by atoms with E-state index >= 15 is 0 Å². The first-order chi connectivity index (χ1) is 13.4. The SMILES string of the molecule is CCN(CCc1ccccc1)C(C)CCc1ccc(C2CC2C(F)(F)F)cc1. The summed E-state index contributed by atoms with van der Waals surface area (Å²) in [6, 6.07) is 18.8. The van der Waals surface area contributed by atoms with E-state index in [1.54, 1.807) is 0 Å². The summed E-state index contributed by atoms with van der Waals surface area (Å²) in [6.45, 7) is 6.53. The molecular weight excluding hydrogens is 359 g/mol. The van der Waals surface area contributed by atoms with Crippen LogP contribution in [0.3, 0.4) is 0 Å². The Balaban J connectivity index is 1.46. The Kier molecular flexibility index (Phi) is 6.82. The summed E-state index contributed by atoms with van der Waals surface area (Å²) in [5, 5.41) is 0. The Hall–Kier alpha value is -1.81. The van der Waals surface area contributed by atoms with Crippen molar-refractivity contribution in [1.82, 2.24) is 4.90 Å². The molecule has 152 valence electrons. The number of nitrogens with zero attached hydrogens (tertiary/aromatic N) is 1. The molecule has 1 saturated carbocycles. The molecule has 2 aromatic rings. The normalized spacial score (nSPS) is 20.4. The van der Waals surface area contributed by atoms with Gasteiger partial charge in [-0.05, 0) is 61.8 Å². The fourth-order valence-electron chi connectivity index (χ4n) is 4.02. The number of halogens is 3. The van der Waals surface area contributed by atoms with Crippen molar-refractivity contribution in [3.8, 4) is 0 Å². The Morgan fingerprint density at radius 3 is 2.18 bits per heavy atom. The molecule has 0 radical (unpaired) electrons. The van der Waals surface area contributed by atoms with Crippen LogP contribution in [0.2, 0.25) is 0 Å². The van der Waals surface area contributed by atoms with Crippen molar-refractivity contribution in [3.63, 3.8) is 0 Å². The van der Waals surface area contributed by atoms with Gasteiger partial charge in [0.15, 0.2) is 0 Å². The summed E-state index contributed by atoms with van der Waals surface area (Å²) < 4.78 is 38.2. The number of rotatable bonds is 9. The molecule has 0 aromatic heterocycles. The Morgan fingerprint density at radius 1 is 0.964 bits per heavy atom. The molecule has 0 amide bonds. The maximum Gasteiger partial charge on any atom is 0.392 e. The molecule has 0 aliphatic heterocycles. The lowest BCUT2D eigenvalue weighted by atomic mass is 10.0. The van der Waals surface area contributed by atoms with E-state index in [1.165, 1.54) is 11.1 Å². The molecule has 0 saturated heterocycles. The van der Waals surface area contributed by atoms with Gasteiger partial charge in [0.1, 0.15) is 0 Å². The maximum absolute atomic E-state index is 12.7. The number of hydrogen-bond acceptors (Lipinski definition) is 1. The summed E-state index contributed by atoms with van der Waals surface area (Å²) in [7, 11) is 0. The predicted octanol–water partition coefficient (Wildman–Crippen LogP) is 6.24. The zero-order valence-electron chi connectivity index (χ0n) is 16.8. The van der Waals surface area contributed by atoms with Crippen LogP contribution in [0, 0.1) is 5.92 Å². The van der Waals surface area contributed by atoms with Crippen molar-refractivity contribution in [3.05, 3.63) is 71.3 Å². The third-order valence-corrected chi connectivity index (χ3v) is 6.03. The van der Waals surface area contributed by atoms with Gasteiger partial charge in [0, 0.05) is 12.6 Å². The third-order valence-electron chi connectivity index (χ3n) is 6.03. The molecule has 0 spiro atoms. The molecule has 1 fully saturated rings. The van der Waals surface area contributed by atoms with Gasteiger partial charge in [-0.2, -0.15) is 13.2 Å². The number of aryl methyl sites for hydroxylation is 1. The molecule has 0 heterocycles. The highest BCUT2D eigenvalue weighted by atomic mass is 19.4. The Labute approximate surface area is 166 Å². The molecule has 1 aliphatic carbocycles. The molecule has 0 N–H and O–H groups in total. The third kappa shape index (κ3) is 5.60. The second-order valence-electron chi connectivity index (χ2n) is 7.98. The minimum Gasteiger partial charge on any atom is -0.301 e. The monoisotopic (exact) mass is 389 g/mol. The van der Waals surface area contributed by atoms with E-state index in [2.05, 4.69) is 43.0 Å². The van der Waals surface area contributed by atoms with Crippen LogP contribution in [0.4, 0.5) is 13.2 Å². The van der Waals surface area contributed by atoms with Crippen molar-refractivity contribution in [2.45, 2.75) is 57.7 Å². The van der Waals surface area contributed by atoms with E-state index in [4.69, 9.17) is 0 Å². The molecule has 1 nitrogen and oxygen atoms in total. The second-order valence-corrected chi connectivity index (χ2v) is 7.98. The average Bonchev–Trinajstić information content (AvgIpc) is 3.49. The van der Waals surface area contributed by atoms with Crippen LogP contribution in [0.25, 0.3) is 0 Å². The minimum atomic E-state index is -4.05. The van der Waals surface area contributed by atoms with Crippen molar-refractivity contribution < 1.29 is 13.2 Å². The van der Waals surface area contributed by atoms with Crippen LogP contribution in [-0.4, -0.2) is 30.2 Å². The van der Waals surface area contributed by atoms with Crippen molar-refractivity contribution in [1.29, 1.82) is 0 Å². The zero-order valence-corrected chi connectivity index (χ0v) is 16.8. The molecule has 3 unspecified atom stereocenters. The van der Waals surface area contributed by atoms with Crippen LogP contribution < -0.4 is 0 Å². The predicted molar refractivity (Wildman–Crippen MR) is 109 cm³/mol. The number of benzene rings is 2. The van der Waals surface area contributed by atoms with Crippen molar-refractivity contribution >= 4 is 0 Å². The highest BCUT2D eigenvalue weighted by Crippen LogP contribution is 2.56. The van der Waals surface area contributed by atoms with E-state index in [1.807, 2.05) is 30.3 Å². The molecule has 3 atom stereocenters. The van der Waals surface area contributed by atoms with E-state index < -0.39 is 12.1 Å². The first-order valence-electron chi connectivity index (χ1n) is 10.3. The first-order valence-corrected chi connectivity index (χ1v) is 10.3. The van der Waals surface area contributed by atoms with Gasteiger partial charge in [-0.1, -0.05) is 61.5 Å². The minimum absolute atomic E-state index is 0.243. The van der Waals surface area contributed by atoms with Crippen LogP contribution >= 0.6 is 0 Å². The van der Waals surface area contributed by atoms with E-state index in [0.29, 0.717) is 6.04 Å². The summed E-state index contributed by atoms with van der Waals surface area (Å²) in [5.74, 6) is -1.47. The quantitative estimate of drug-likeness (QED) is 0.491. The molecule has 4 heteroatoms. The van der Waals surface area contributed by atoms with Gasteiger partial charge >= 0.3 is 6.18 Å². The van der Waals surface area contributed by atoms with Gasteiger partial charge in [0.2, 0.25) is 0 Å². The topological polar surface area (TPSA) is 3.24 Å². The fourth-order valence-corrected chi connectivity index (χ4v) is 4.02. The van der Waals surface area contributed by atoms with Gasteiger partial charge < -0.3 is 4.90 Å². The number of likely N-dealkylation sites (N-methyl/N-ethyl adjacent to an activating group) is 1. The van der Waals surface area contributed by atoms with E-state index in [0.717, 1.165) is 37.9 Å². The largest absolute Gasteiger partial charge is 0.392 e. The number of hydrogen-bond donors (Lipinski definition) is 0. The van der Waals surface area contributed by atoms with Crippen LogP contribution in [0.15, 0.2) is 54.6 Å². The molecule has 1 aliphatic rings. The molecule has 28 heavy (non-hydrogen) atoms. The molecular formula is C24H30F3N. The summed E-state index contributed by atoms with van der Waals surface area (Å²) in [5.41, 5.74) is 3.40. The smallest absolute Gasteiger partial charge is 0.301 e. The van der Waals surface area contributed by atoms with Crippen LogP contribution in [0.1, 0.15) is 49.3 Å². The summed E-state index contributed by atoms with van der Waals surface area (Å²) in [6.07, 6.45) is -0.752. The van der Waals surface area contributed by atoms with Gasteiger partial charge in [-0.3, -0.25) is 0 Å². The van der Waals surface area contributed by atoms with E-state index in [9.17, 15) is 13.2 Å². The zero-order chi connectivity index (χ0) is 20.1. The lowest BCUT2D eigenvalue weighted by molar-refractivity contribution is -0.148. The second kappa shape index (κ2) is 9.13. The summed E-state index contributed by atoms with van der Waals surface area (Å²) in [4.78, 5) is 2.50. The van der Waals surface area contributed by atoms with Gasteiger partial charge in [0.25, 0.3) is 0 Å². The maximum atomic E-state index is 12.7. The molecule has 0 bridgehead atoms. The first kappa shape index (κ1) is 20.9. The highest BCUT2D eigenvalue weighted by Gasteiger charge is 2.55. The van der Waals surface area contributed by atoms with Gasteiger partial charge in [-0.15, -0.1) is 0 Å². The van der Waals surface area contributed by atoms with Crippen LogP contribution in [0.5, 0.6) is 0 Å². The lowest BCUT2D eigenvalue weighted by Gasteiger charge is -2.28. The molecule has 3 rings (SSSR count). The van der Waals surface area contributed by atoms with Gasteiger partial charge in [-0.25, -0.2) is 0 Å². The van der Waals surface area contributed by atoms with Crippen molar-refractivity contribution in [2.24, 2.45) is 5.92 Å². The van der Waals surface area contributed by atoms with Crippen LogP contribution in [-0.2, 0) is 12.8 Å². The van der Waals surface area contributed by atoms with E-state index in [-0.39, 0.29) is 12.3 Å². The number of alkyl halides is 3. The van der Waals surface area contributed by atoms with Crippen molar-refractivity contribution in [2.75, 3.05) is 13.1 Å². The Bertz CT molecular complexity index is 724. The van der Waals surface area contributed by atoms with Gasteiger partial charge in [0.05, 0.1) is 5.92 Å². The Morgan fingerprint density at radius 2 is 1.61 bits per heavy atom. The average molecular weight is 390 g/mol. The standard InChI is InChI=1S/C24H30F3N/c1-3-28(16-15-19-7-5-4-6-8-19)18(2)9-10-20-11-13-21(14-12-20)22-17-23(22)24(25,26)27/h4-8,11-14,18,22-23H,3,9-10,15-17H2,1-2H3. The summed E-state index contributed by atoms with van der Waals surface area (Å²) >= 11 is 0. The highest BCUT2D eigenvalue weighted by molar-refractivity contribution is 5.30. The molecule has 2 aromatic carbocycles.